The van der Waals surface area contributed by atoms with Crippen LogP contribution in [-0.4, -0.2) is 6.29 Å². The fourth-order valence-electron chi connectivity index (χ4n) is 2.42. The van der Waals surface area contributed by atoms with Gasteiger partial charge in [0.15, 0.2) is 29.4 Å². The van der Waals surface area contributed by atoms with E-state index in [4.69, 9.17) is 9.15 Å². The van der Waals surface area contributed by atoms with Gasteiger partial charge in [0.1, 0.15) is 11.5 Å². The Morgan fingerprint density at radius 2 is 1.67 bits per heavy atom. The van der Waals surface area contributed by atoms with Gasteiger partial charge in [-0.05, 0) is 43.3 Å². The molecule has 1 heterocycles. The molecule has 3 aromatic rings. The molecular formula is C19H11F5O3. The van der Waals surface area contributed by atoms with Crippen LogP contribution in [0.25, 0.3) is 11.3 Å². The van der Waals surface area contributed by atoms with Gasteiger partial charge in [0.05, 0.1) is 11.1 Å². The predicted octanol–water partition coefficient (Wildman–Crippen LogP) is 6.16. The lowest BCUT2D eigenvalue weighted by atomic mass is 10.1. The van der Waals surface area contributed by atoms with Gasteiger partial charge in [-0.2, -0.15) is 13.2 Å². The second-order valence-electron chi connectivity index (χ2n) is 5.69. The average molecular weight is 382 g/mol. The molecule has 0 N–H and O–H groups in total. The van der Waals surface area contributed by atoms with Gasteiger partial charge in [0.2, 0.25) is 0 Å². The predicted molar refractivity (Wildman–Crippen MR) is 85.7 cm³/mol. The van der Waals surface area contributed by atoms with Gasteiger partial charge in [-0.3, -0.25) is 4.79 Å². The maximum atomic E-state index is 14.1. The Bertz CT molecular complexity index is 982. The molecule has 0 radical (unpaired) electrons. The number of hydrogen-bond donors (Lipinski definition) is 0. The van der Waals surface area contributed by atoms with E-state index in [0.717, 1.165) is 5.56 Å². The zero-order valence-electron chi connectivity index (χ0n) is 13.7. The van der Waals surface area contributed by atoms with Crippen LogP contribution in [0.5, 0.6) is 11.5 Å². The lowest BCUT2D eigenvalue weighted by molar-refractivity contribution is -0.138. The van der Waals surface area contributed by atoms with Crippen LogP contribution >= 0.6 is 0 Å². The number of hydrogen-bond acceptors (Lipinski definition) is 3. The van der Waals surface area contributed by atoms with Crippen molar-refractivity contribution in [3.63, 3.8) is 0 Å². The summed E-state index contributed by atoms with van der Waals surface area (Å²) >= 11 is 0. The molecule has 8 heteroatoms. The molecule has 1 aromatic heterocycles. The molecule has 0 aliphatic rings. The fourth-order valence-corrected chi connectivity index (χ4v) is 2.42. The van der Waals surface area contributed by atoms with Crippen molar-refractivity contribution in [1.82, 2.24) is 0 Å². The number of furan rings is 1. The molecule has 27 heavy (non-hydrogen) atoms. The molecule has 3 nitrogen and oxygen atoms in total. The molecular weight excluding hydrogens is 371 g/mol. The lowest BCUT2D eigenvalue weighted by Gasteiger charge is -2.14. The molecule has 0 fully saturated rings. The minimum atomic E-state index is -4.89. The van der Waals surface area contributed by atoms with Gasteiger partial charge in [0.25, 0.3) is 0 Å². The highest BCUT2D eigenvalue weighted by Crippen LogP contribution is 2.39. The summed E-state index contributed by atoms with van der Waals surface area (Å²) in [7, 11) is 0. The average Bonchev–Trinajstić information content (AvgIpc) is 3.07. The number of carbonyl (C=O) groups is 1. The van der Waals surface area contributed by atoms with E-state index in [0.29, 0.717) is 6.29 Å². The van der Waals surface area contributed by atoms with Gasteiger partial charge in [0, 0.05) is 0 Å². The van der Waals surface area contributed by atoms with Crippen molar-refractivity contribution in [2.75, 3.05) is 0 Å². The minimum Gasteiger partial charge on any atom is -0.453 e. The van der Waals surface area contributed by atoms with Crippen LogP contribution in [0, 0.1) is 18.6 Å². The molecule has 2 aromatic carbocycles. The van der Waals surface area contributed by atoms with Crippen molar-refractivity contribution in [2.24, 2.45) is 0 Å². The molecule has 0 aliphatic carbocycles. The first-order valence-corrected chi connectivity index (χ1v) is 7.59. The summed E-state index contributed by atoms with van der Waals surface area (Å²) < 4.78 is 76.6. The maximum Gasteiger partial charge on any atom is 0.416 e. The fraction of sp³-hybridized carbons (Fsp3) is 0.105. The molecule has 0 atom stereocenters. The Labute approximate surface area is 150 Å². The number of carbonyl (C=O) groups excluding carboxylic acids is 1. The Morgan fingerprint density at radius 1 is 1.00 bits per heavy atom. The molecule has 0 aliphatic heterocycles. The van der Waals surface area contributed by atoms with Crippen LogP contribution in [0.15, 0.2) is 46.9 Å². The zero-order valence-corrected chi connectivity index (χ0v) is 13.7. The number of halogens is 5. The summed E-state index contributed by atoms with van der Waals surface area (Å²) in [5.41, 5.74) is -0.424. The van der Waals surface area contributed by atoms with E-state index >= 15 is 0 Å². The standard InChI is InChI=1S/C19H11F5O3/c1-10-2-4-17(13(6-10)16-5-3-12(9-25)26-16)27-18-14(20)7-11(8-15(18)21)19(22,23)24/h2-9H,1H3. The van der Waals surface area contributed by atoms with Gasteiger partial charge >= 0.3 is 6.18 Å². The summed E-state index contributed by atoms with van der Waals surface area (Å²) in [6.07, 6.45) is -4.41. The zero-order chi connectivity index (χ0) is 19.8. The van der Waals surface area contributed by atoms with E-state index in [9.17, 15) is 26.7 Å². The molecule has 0 amide bonds. The van der Waals surface area contributed by atoms with Crippen molar-refractivity contribution in [3.8, 4) is 22.8 Å². The first-order chi connectivity index (χ1) is 12.7. The smallest absolute Gasteiger partial charge is 0.416 e. The van der Waals surface area contributed by atoms with Crippen LogP contribution in [0.2, 0.25) is 0 Å². The van der Waals surface area contributed by atoms with Gasteiger partial charge in [-0.1, -0.05) is 11.6 Å². The third-order valence-corrected chi connectivity index (χ3v) is 3.68. The Balaban J connectivity index is 2.05. The number of rotatable bonds is 4. The van der Waals surface area contributed by atoms with Gasteiger partial charge in [-0.25, -0.2) is 8.78 Å². The van der Waals surface area contributed by atoms with Crippen LogP contribution < -0.4 is 4.74 Å². The summed E-state index contributed by atoms with van der Waals surface area (Å²) in [5.74, 6) is -3.79. The van der Waals surface area contributed by atoms with Crippen molar-refractivity contribution in [3.05, 3.63) is 71.0 Å². The van der Waals surface area contributed by atoms with E-state index in [1.54, 1.807) is 19.1 Å². The van der Waals surface area contributed by atoms with E-state index in [1.165, 1.54) is 18.2 Å². The SMILES string of the molecule is Cc1ccc(Oc2c(F)cc(C(F)(F)F)cc2F)c(-c2ccc(C=O)o2)c1. The van der Waals surface area contributed by atoms with Crippen molar-refractivity contribution in [1.29, 1.82) is 0 Å². The molecule has 140 valence electrons. The molecule has 3 rings (SSSR count). The summed E-state index contributed by atoms with van der Waals surface area (Å²) in [6, 6.07) is 7.74. The van der Waals surface area contributed by atoms with E-state index in [-0.39, 0.29) is 35.0 Å². The van der Waals surface area contributed by atoms with E-state index < -0.39 is 29.1 Å². The van der Waals surface area contributed by atoms with Crippen LogP contribution in [0.4, 0.5) is 22.0 Å². The highest BCUT2D eigenvalue weighted by Gasteiger charge is 2.33. The number of alkyl halides is 3. The molecule has 0 bridgehead atoms. The Morgan fingerprint density at radius 3 is 2.22 bits per heavy atom. The van der Waals surface area contributed by atoms with Crippen molar-refractivity contribution < 1.29 is 35.9 Å². The summed E-state index contributed by atoms with van der Waals surface area (Å²) in [5, 5.41) is 0. The van der Waals surface area contributed by atoms with Gasteiger partial charge in [-0.15, -0.1) is 0 Å². The largest absolute Gasteiger partial charge is 0.453 e. The highest BCUT2D eigenvalue weighted by atomic mass is 19.4. The third-order valence-electron chi connectivity index (χ3n) is 3.68. The summed E-state index contributed by atoms with van der Waals surface area (Å²) in [6.45, 7) is 1.75. The first kappa shape index (κ1) is 18.6. The monoisotopic (exact) mass is 382 g/mol. The molecule has 0 saturated carbocycles. The Kier molecular flexibility index (Phi) is 4.73. The van der Waals surface area contributed by atoms with Crippen molar-refractivity contribution in [2.45, 2.75) is 13.1 Å². The van der Waals surface area contributed by atoms with Crippen molar-refractivity contribution >= 4 is 6.29 Å². The number of aryl methyl sites for hydroxylation is 1. The van der Waals surface area contributed by atoms with Crippen LogP contribution in [0.1, 0.15) is 21.7 Å². The van der Waals surface area contributed by atoms with Crippen LogP contribution in [0.3, 0.4) is 0 Å². The topological polar surface area (TPSA) is 39.4 Å². The lowest BCUT2D eigenvalue weighted by Crippen LogP contribution is -2.07. The number of ether oxygens (including phenoxy) is 1. The minimum absolute atomic E-state index is 0.0318. The third kappa shape index (κ3) is 3.84. The van der Waals surface area contributed by atoms with E-state index in [2.05, 4.69) is 0 Å². The second-order valence-corrected chi connectivity index (χ2v) is 5.69. The van der Waals surface area contributed by atoms with Crippen LogP contribution in [-0.2, 0) is 6.18 Å². The summed E-state index contributed by atoms with van der Waals surface area (Å²) in [4.78, 5) is 10.8. The highest BCUT2D eigenvalue weighted by molar-refractivity contribution is 5.74. The molecule has 0 saturated heterocycles. The first-order valence-electron chi connectivity index (χ1n) is 7.59. The number of aldehydes is 1. The molecule has 0 spiro atoms. The number of benzene rings is 2. The molecule has 0 unspecified atom stereocenters. The van der Waals surface area contributed by atoms with E-state index in [1.807, 2.05) is 0 Å². The maximum absolute atomic E-state index is 14.1. The Hall–Kier alpha value is -3.16. The quantitative estimate of drug-likeness (QED) is 0.401. The second kappa shape index (κ2) is 6.86. The normalized spacial score (nSPS) is 11.5. The van der Waals surface area contributed by atoms with Gasteiger partial charge < -0.3 is 9.15 Å².